The smallest absolute Gasteiger partial charge is 1.00 e. The monoisotopic (exact) mass is 358 g/mol. The fraction of sp³-hybridized carbons (Fsp3) is 0.600. The second kappa shape index (κ2) is 16.6. The van der Waals surface area contributed by atoms with Crippen LogP contribution in [0.1, 0.15) is 2.85 Å². The third-order valence-electron chi connectivity index (χ3n) is 2.17. The van der Waals surface area contributed by atoms with Crippen LogP contribution in [0.25, 0.3) is 0 Å². The first-order chi connectivity index (χ1) is 9.20. The molecular formula is C10H20N2Na2O9. The molecule has 0 saturated heterocycles. The molecular weight excluding hydrogens is 338 g/mol. The Hall–Kier alpha value is -0.240. The molecule has 126 valence electrons. The van der Waals surface area contributed by atoms with Gasteiger partial charge in [0.1, 0.15) is 0 Å². The number of carboxylic acids is 4. The maximum Gasteiger partial charge on any atom is 1.00 e. The molecule has 0 heterocycles. The summed E-state index contributed by atoms with van der Waals surface area (Å²) < 4.78 is 0. The molecule has 11 nitrogen and oxygen atoms in total. The first kappa shape index (κ1) is 30.6. The molecule has 0 aliphatic carbocycles. The van der Waals surface area contributed by atoms with Gasteiger partial charge in [0.2, 0.25) is 0 Å². The zero-order valence-electron chi connectivity index (χ0n) is 15.1. The van der Waals surface area contributed by atoms with Crippen molar-refractivity contribution in [3.05, 3.63) is 0 Å². The summed E-state index contributed by atoms with van der Waals surface area (Å²) in [5.74, 6) is -4.91. The second-order valence-corrected chi connectivity index (χ2v) is 4.00. The van der Waals surface area contributed by atoms with E-state index in [0.29, 0.717) is 0 Å². The molecule has 23 heavy (non-hydrogen) atoms. The molecule has 0 aliphatic rings. The average Bonchev–Trinajstić information content (AvgIpc) is 2.22. The molecule has 0 aromatic rings. The molecule has 0 radical (unpaired) electrons. The Bertz CT molecular complexity index is 337. The van der Waals surface area contributed by atoms with Crippen molar-refractivity contribution in [1.29, 1.82) is 0 Å². The van der Waals surface area contributed by atoms with Crippen molar-refractivity contribution in [3.63, 3.8) is 0 Å². The standard InChI is InChI=1S/C10H16N2O8.2Na.H2O.2H/c13-7(14)3-11(4-8(15)16)1-2-12(5-9(17)18)6-10(19)20;;;;;/h1-6H2,(H,13,14)(H,15,16)(H,17,18)(H,19,20);;;1H2;;/q;2*+1;;2*-1. The van der Waals surface area contributed by atoms with Gasteiger partial charge in [-0.05, 0) is 0 Å². The van der Waals surface area contributed by atoms with Gasteiger partial charge >= 0.3 is 83.0 Å². The van der Waals surface area contributed by atoms with Crippen LogP contribution in [0.15, 0.2) is 0 Å². The van der Waals surface area contributed by atoms with E-state index >= 15 is 0 Å². The summed E-state index contributed by atoms with van der Waals surface area (Å²) in [4.78, 5) is 44.4. The molecule has 0 bridgehead atoms. The van der Waals surface area contributed by atoms with Crippen LogP contribution in [-0.2, 0) is 19.2 Å². The van der Waals surface area contributed by atoms with Gasteiger partial charge in [-0.2, -0.15) is 0 Å². The summed E-state index contributed by atoms with van der Waals surface area (Å²) in [6.07, 6.45) is 0. The number of hydrogen-bond acceptors (Lipinski definition) is 6. The first-order valence-corrected chi connectivity index (χ1v) is 5.52. The Morgan fingerprint density at radius 3 is 0.913 bits per heavy atom. The van der Waals surface area contributed by atoms with E-state index in [1.165, 1.54) is 0 Å². The number of rotatable bonds is 11. The Morgan fingerprint density at radius 2 is 0.783 bits per heavy atom. The minimum Gasteiger partial charge on any atom is -1.00 e. The van der Waals surface area contributed by atoms with Crippen molar-refractivity contribution in [2.75, 3.05) is 39.3 Å². The molecule has 0 rings (SSSR count). The summed E-state index contributed by atoms with van der Waals surface area (Å²) in [6.45, 7) is -2.25. The maximum absolute atomic E-state index is 10.6. The van der Waals surface area contributed by atoms with E-state index in [9.17, 15) is 19.2 Å². The van der Waals surface area contributed by atoms with Gasteiger partial charge in [0.05, 0.1) is 26.2 Å². The number of carbonyl (C=O) groups is 4. The largest absolute Gasteiger partial charge is 1.00 e. The van der Waals surface area contributed by atoms with E-state index in [2.05, 4.69) is 0 Å². The van der Waals surface area contributed by atoms with E-state index < -0.39 is 50.1 Å². The van der Waals surface area contributed by atoms with Gasteiger partial charge in [0, 0.05) is 13.1 Å². The zero-order valence-corrected chi connectivity index (χ0v) is 17.1. The maximum atomic E-state index is 10.6. The van der Waals surface area contributed by atoms with Crippen LogP contribution in [0.2, 0.25) is 0 Å². The van der Waals surface area contributed by atoms with Gasteiger partial charge in [-0.25, -0.2) is 0 Å². The van der Waals surface area contributed by atoms with Crippen molar-refractivity contribution >= 4 is 23.9 Å². The number of carboxylic acid groups (broad SMARTS) is 4. The van der Waals surface area contributed by atoms with Crippen molar-refractivity contribution in [2.45, 2.75) is 0 Å². The van der Waals surface area contributed by atoms with Crippen molar-refractivity contribution in [3.8, 4) is 0 Å². The molecule has 0 saturated carbocycles. The van der Waals surface area contributed by atoms with Gasteiger partial charge in [0.15, 0.2) is 0 Å². The molecule has 0 atom stereocenters. The van der Waals surface area contributed by atoms with E-state index in [-0.39, 0.29) is 80.5 Å². The summed E-state index contributed by atoms with van der Waals surface area (Å²) in [7, 11) is 0. The van der Waals surface area contributed by atoms with Crippen LogP contribution in [-0.4, -0.2) is 98.8 Å². The van der Waals surface area contributed by atoms with E-state index in [4.69, 9.17) is 20.4 Å². The third-order valence-corrected chi connectivity index (χ3v) is 2.17. The quantitative estimate of drug-likeness (QED) is 0.258. The van der Waals surface area contributed by atoms with Gasteiger partial charge in [-0.1, -0.05) is 0 Å². The average molecular weight is 358 g/mol. The Kier molecular flexibility index (Phi) is 22.1. The van der Waals surface area contributed by atoms with Crippen LogP contribution in [0.3, 0.4) is 0 Å². The SMILES string of the molecule is O.O=C(O)CN(CCN(CC(=O)O)CC(=O)O)CC(=O)O.[H-].[H-].[Na+].[Na+]. The summed E-state index contributed by atoms with van der Waals surface area (Å²) in [6, 6.07) is 0. The molecule has 6 N–H and O–H groups in total. The molecule has 13 heteroatoms. The van der Waals surface area contributed by atoms with Crippen LogP contribution in [0, 0.1) is 0 Å². The van der Waals surface area contributed by atoms with Crippen LogP contribution < -0.4 is 59.1 Å². The van der Waals surface area contributed by atoms with Crippen LogP contribution in [0.5, 0.6) is 0 Å². The van der Waals surface area contributed by atoms with Crippen molar-refractivity contribution in [1.82, 2.24) is 9.80 Å². The van der Waals surface area contributed by atoms with Gasteiger partial charge in [-0.15, -0.1) is 0 Å². The third kappa shape index (κ3) is 19.7. The van der Waals surface area contributed by atoms with Crippen molar-refractivity contribution < 1.29 is 107 Å². The summed E-state index contributed by atoms with van der Waals surface area (Å²) >= 11 is 0. The number of aliphatic carboxylic acids is 4. The van der Waals surface area contributed by atoms with Crippen molar-refractivity contribution in [2.24, 2.45) is 0 Å². The fourth-order valence-corrected chi connectivity index (χ4v) is 1.48. The first-order valence-electron chi connectivity index (χ1n) is 5.52. The molecule has 0 aromatic heterocycles. The second-order valence-electron chi connectivity index (χ2n) is 4.00. The van der Waals surface area contributed by atoms with Crippen LogP contribution in [0.4, 0.5) is 0 Å². The van der Waals surface area contributed by atoms with E-state index in [1.807, 2.05) is 0 Å². The predicted octanol–water partition coefficient (Wildman–Crippen LogP) is -8.66. The number of nitrogens with zero attached hydrogens (tertiary/aromatic N) is 2. The normalized spacial score (nSPS) is 9.30. The van der Waals surface area contributed by atoms with E-state index in [1.54, 1.807) is 0 Å². The fourth-order valence-electron chi connectivity index (χ4n) is 1.48. The van der Waals surface area contributed by atoms with Gasteiger partial charge in [-0.3, -0.25) is 29.0 Å². The Balaban J connectivity index is -0.000000180. The molecule has 0 unspecified atom stereocenters. The van der Waals surface area contributed by atoms with Gasteiger partial charge < -0.3 is 28.8 Å². The van der Waals surface area contributed by atoms with Crippen LogP contribution >= 0.6 is 0 Å². The summed E-state index contributed by atoms with van der Waals surface area (Å²) in [5, 5.41) is 34.5. The molecule has 0 amide bonds. The molecule has 0 aliphatic heterocycles. The molecule has 0 aromatic carbocycles. The predicted molar refractivity (Wildman–Crippen MR) is 69.3 cm³/mol. The minimum atomic E-state index is -1.23. The van der Waals surface area contributed by atoms with E-state index in [0.717, 1.165) is 9.80 Å². The topological polar surface area (TPSA) is 187 Å². The number of hydrogen-bond donors (Lipinski definition) is 4. The summed E-state index contributed by atoms with van der Waals surface area (Å²) in [5.41, 5.74) is 0. The molecule has 0 spiro atoms. The Morgan fingerprint density at radius 1 is 0.609 bits per heavy atom. The zero-order chi connectivity index (χ0) is 15.7. The van der Waals surface area contributed by atoms with Gasteiger partial charge in [0.25, 0.3) is 0 Å². The minimum absolute atomic E-state index is 0. The molecule has 0 fully saturated rings. The Labute approximate surface area is 179 Å².